The molecule has 0 radical (unpaired) electrons. The summed E-state index contributed by atoms with van der Waals surface area (Å²) in [7, 11) is 6.35. The van der Waals surface area contributed by atoms with Gasteiger partial charge < -0.3 is 44.8 Å². The van der Waals surface area contributed by atoms with Crippen LogP contribution >= 0.6 is 0 Å². The van der Waals surface area contributed by atoms with Crippen LogP contribution in [0, 0.1) is 5.82 Å². The van der Waals surface area contributed by atoms with Gasteiger partial charge in [-0.3, -0.25) is 9.97 Å². The van der Waals surface area contributed by atoms with Crippen molar-refractivity contribution in [3.05, 3.63) is 78.9 Å². The Morgan fingerprint density at radius 2 is 1.17 bits per heavy atom. The van der Waals surface area contributed by atoms with Crippen LogP contribution < -0.4 is 44.8 Å². The molecule has 254 valence electrons. The van der Waals surface area contributed by atoms with Crippen molar-refractivity contribution in [3.8, 4) is 34.5 Å². The Kier molecular flexibility index (Phi) is 13.2. The fourth-order valence-corrected chi connectivity index (χ4v) is 4.58. The van der Waals surface area contributed by atoms with Crippen LogP contribution in [0.1, 0.15) is 12.8 Å². The van der Waals surface area contributed by atoms with Crippen LogP contribution in [-0.2, 0) is 0 Å². The van der Waals surface area contributed by atoms with Crippen LogP contribution in [0.2, 0.25) is 0 Å². The van der Waals surface area contributed by atoms with E-state index in [0.29, 0.717) is 67.2 Å². The number of nitrogens with one attached hydrogen (secondary N) is 2. The van der Waals surface area contributed by atoms with Gasteiger partial charge in [0.1, 0.15) is 17.3 Å². The number of hydrogen-bond acceptors (Lipinski definition) is 10. The lowest BCUT2D eigenvalue weighted by Crippen LogP contribution is -2.30. The third-order valence-electron chi connectivity index (χ3n) is 6.99. The average Bonchev–Trinajstić information content (AvgIpc) is 3.11. The molecule has 0 aliphatic heterocycles. The maximum atomic E-state index is 12.9. The zero-order valence-corrected chi connectivity index (χ0v) is 27.4. The van der Waals surface area contributed by atoms with E-state index in [4.69, 9.17) is 34.2 Å². The highest BCUT2D eigenvalue weighted by atomic mass is 19.1. The van der Waals surface area contributed by atoms with Gasteiger partial charge in [0.05, 0.1) is 52.7 Å². The molecule has 2 heterocycles. The number of carbonyl (C=O) groups is 1. The van der Waals surface area contributed by atoms with Gasteiger partial charge >= 0.3 is 6.03 Å². The number of fused-ring (bicyclic) bond motifs is 2. The van der Waals surface area contributed by atoms with Gasteiger partial charge in [0, 0.05) is 47.5 Å². The number of aromatic nitrogens is 2. The van der Waals surface area contributed by atoms with Gasteiger partial charge in [0.25, 0.3) is 0 Å². The Morgan fingerprint density at radius 1 is 0.688 bits per heavy atom. The van der Waals surface area contributed by atoms with E-state index in [0.717, 1.165) is 34.0 Å². The molecule has 0 unspecified atom stereocenters. The smallest absolute Gasteiger partial charge is 0.319 e. The highest BCUT2D eigenvalue weighted by Gasteiger charge is 2.12. The number of nitrogens with zero attached hydrogens (tertiary/aromatic N) is 2. The van der Waals surface area contributed by atoms with Crippen molar-refractivity contribution < 1.29 is 37.6 Å². The van der Waals surface area contributed by atoms with Crippen molar-refractivity contribution in [2.45, 2.75) is 12.8 Å². The molecule has 4 N–H and O–H groups in total. The number of benzene rings is 3. The summed E-state index contributed by atoms with van der Waals surface area (Å²) < 4.78 is 45.6. The minimum atomic E-state index is -0.359. The summed E-state index contributed by atoms with van der Waals surface area (Å²) in [5, 5.41) is 7.08. The summed E-state index contributed by atoms with van der Waals surface area (Å²) in [5.41, 5.74) is 7.52. The normalized spacial score (nSPS) is 10.5. The van der Waals surface area contributed by atoms with Crippen LogP contribution in [0.25, 0.3) is 21.8 Å². The Morgan fingerprint density at radius 3 is 1.65 bits per heavy atom. The summed E-state index contributed by atoms with van der Waals surface area (Å²) in [6, 6.07) is 16.2. The standard InChI is InChI=1S/C21H22FN3O4.C14H18N2O3/c1-27-19-12-16-17(13-20(19)28-2)23-10-8-18(16)29-11-3-9-24-21(26)25-15-6-4-14(22)5-7-15;1-17-13-8-10-11(9-14(13)18-2)16-6-4-12(10)19-7-3-5-15/h4-8,10,12-13H,3,9,11H2,1-2H3,(H2,24,25,26);4,6,8-9H,3,5,7,15H2,1-2H3. The SMILES string of the molecule is COc1cc2nccc(OCCCN)c2cc1OC.COc1cc2nccc(OCCCNC(=O)Nc3ccc(F)cc3)c2cc1OC. The first kappa shape index (κ1) is 35.3. The fraction of sp³-hybridized carbons (Fsp3) is 0.286. The maximum absolute atomic E-state index is 12.9. The van der Waals surface area contributed by atoms with Gasteiger partial charge in [-0.05, 0) is 67.9 Å². The number of anilines is 1. The Labute approximate surface area is 278 Å². The van der Waals surface area contributed by atoms with Crippen molar-refractivity contribution in [1.82, 2.24) is 15.3 Å². The van der Waals surface area contributed by atoms with E-state index in [1.807, 2.05) is 24.3 Å². The summed E-state index contributed by atoms with van der Waals surface area (Å²) in [6.45, 7) is 2.03. The van der Waals surface area contributed by atoms with Gasteiger partial charge in [0.2, 0.25) is 0 Å². The highest BCUT2D eigenvalue weighted by Crippen LogP contribution is 2.36. The summed E-state index contributed by atoms with van der Waals surface area (Å²) in [5.74, 6) is 3.60. The Balaban J connectivity index is 0.000000237. The van der Waals surface area contributed by atoms with Gasteiger partial charge in [-0.25, -0.2) is 9.18 Å². The fourth-order valence-electron chi connectivity index (χ4n) is 4.58. The first-order valence-electron chi connectivity index (χ1n) is 15.2. The lowest BCUT2D eigenvalue weighted by molar-refractivity contribution is 0.250. The monoisotopic (exact) mass is 661 g/mol. The van der Waals surface area contributed by atoms with Gasteiger partial charge in [-0.15, -0.1) is 0 Å². The van der Waals surface area contributed by atoms with Crippen molar-refractivity contribution in [1.29, 1.82) is 0 Å². The number of rotatable bonds is 14. The molecule has 48 heavy (non-hydrogen) atoms. The summed E-state index contributed by atoms with van der Waals surface area (Å²) >= 11 is 0. The molecule has 0 aliphatic carbocycles. The quantitative estimate of drug-likeness (QED) is 0.122. The minimum absolute atomic E-state index is 0.354. The first-order valence-corrected chi connectivity index (χ1v) is 15.2. The lowest BCUT2D eigenvalue weighted by Gasteiger charge is -2.12. The number of urea groups is 1. The van der Waals surface area contributed by atoms with Crippen molar-refractivity contribution in [3.63, 3.8) is 0 Å². The molecule has 13 heteroatoms. The molecule has 0 bridgehead atoms. The molecular formula is C35H40FN5O7. The largest absolute Gasteiger partial charge is 0.493 e. The second kappa shape index (κ2) is 18.0. The van der Waals surface area contributed by atoms with Gasteiger partial charge in [-0.1, -0.05) is 0 Å². The number of ether oxygens (including phenoxy) is 6. The zero-order valence-electron chi connectivity index (χ0n) is 27.4. The van der Waals surface area contributed by atoms with E-state index >= 15 is 0 Å². The molecular weight excluding hydrogens is 621 g/mol. The van der Waals surface area contributed by atoms with E-state index in [2.05, 4.69) is 20.6 Å². The second-order valence-electron chi connectivity index (χ2n) is 10.1. The zero-order chi connectivity index (χ0) is 34.3. The van der Waals surface area contributed by atoms with E-state index < -0.39 is 0 Å². The number of carbonyl (C=O) groups excluding carboxylic acids is 1. The molecule has 0 spiro atoms. The van der Waals surface area contributed by atoms with Crippen molar-refractivity contribution in [2.75, 3.05) is 60.1 Å². The molecule has 0 atom stereocenters. The molecule has 5 aromatic rings. The van der Waals surface area contributed by atoms with Crippen LogP contribution in [-0.4, -0.2) is 70.7 Å². The van der Waals surface area contributed by atoms with Crippen molar-refractivity contribution in [2.24, 2.45) is 5.73 Å². The topological polar surface area (TPSA) is 148 Å². The Bertz CT molecular complexity index is 1790. The molecule has 0 saturated heterocycles. The molecule has 0 aliphatic rings. The van der Waals surface area contributed by atoms with Crippen LogP contribution in [0.3, 0.4) is 0 Å². The molecule has 3 aromatic carbocycles. The summed E-state index contributed by atoms with van der Waals surface area (Å²) in [4.78, 5) is 20.5. The molecule has 0 saturated carbocycles. The molecule has 5 rings (SSSR count). The van der Waals surface area contributed by atoms with E-state index in [-0.39, 0.29) is 11.8 Å². The maximum Gasteiger partial charge on any atom is 0.319 e. The van der Waals surface area contributed by atoms with Crippen LogP contribution in [0.15, 0.2) is 73.1 Å². The minimum Gasteiger partial charge on any atom is -0.493 e. The third-order valence-corrected chi connectivity index (χ3v) is 6.99. The van der Waals surface area contributed by atoms with Crippen molar-refractivity contribution >= 4 is 33.5 Å². The summed E-state index contributed by atoms with van der Waals surface area (Å²) in [6.07, 6.45) is 4.80. The molecule has 0 fully saturated rings. The third kappa shape index (κ3) is 9.48. The van der Waals surface area contributed by atoms with E-state index in [9.17, 15) is 9.18 Å². The molecule has 2 aromatic heterocycles. The number of methoxy groups -OCH3 is 4. The first-order chi connectivity index (χ1) is 23.4. The Hall–Kier alpha value is -5.56. The number of pyridine rings is 2. The van der Waals surface area contributed by atoms with E-state index in [1.54, 1.807) is 53.0 Å². The number of amides is 2. The van der Waals surface area contributed by atoms with Crippen LogP contribution in [0.5, 0.6) is 34.5 Å². The number of halogens is 1. The number of nitrogens with two attached hydrogens (primary N) is 1. The predicted octanol–water partition coefficient (Wildman–Crippen LogP) is 5.96. The highest BCUT2D eigenvalue weighted by molar-refractivity contribution is 5.90. The second-order valence-corrected chi connectivity index (χ2v) is 10.1. The number of hydrogen-bond donors (Lipinski definition) is 3. The van der Waals surface area contributed by atoms with Crippen LogP contribution in [0.4, 0.5) is 14.9 Å². The average molecular weight is 662 g/mol. The molecule has 2 amide bonds. The lowest BCUT2D eigenvalue weighted by atomic mass is 10.2. The van der Waals surface area contributed by atoms with Gasteiger partial charge in [0.15, 0.2) is 23.0 Å². The molecule has 12 nitrogen and oxygen atoms in total. The van der Waals surface area contributed by atoms with Gasteiger partial charge in [-0.2, -0.15) is 0 Å². The predicted molar refractivity (Wildman–Crippen MR) is 182 cm³/mol. The van der Waals surface area contributed by atoms with E-state index in [1.165, 1.54) is 24.3 Å².